The zero-order valence-corrected chi connectivity index (χ0v) is 10.3. The van der Waals surface area contributed by atoms with Crippen LogP contribution >= 0.6 is 0 Å². The minimum Gasteiger partial charge on any atom is -0.465 e. The first-order chi connectivity index (χ1) is 7.92. The Balaban J connectivity index is 1.82. The summed E-state index contributed by atoms with van der Waals surface area (Å²) in [6.07, 6.45) is -0.732. The number of carbonyl (C=O) groups excluding carboxylic acids is 1. The van der Waals surface area contributed by atoms with Crippen LogP contribution in [0.2, 0.25) is 0 Å². The van der Waals surface area contributed by atoms with E-state index in [1.807, 2.05) is 13.8 Å². The van der Waals surface area contributed by atoms with Gasteiger partial charge in [0.15, 0.2) is 5.79 Å². The van der Waals surface area contributed by atoms with Crippen molar-refractivity contribution in [3.8, 4) is 0 Å². The lowest BCUT2D eigenvalue weighted by Gasteiger charge is -2.23. The minimum atomic E-state index is -0.807. The lowest BCUT2D eigenvalue weighted by molar-refractivity contribution is -0.179. The Morgan fingerprint density at radius 3 is 2.65 bits per heavy atom. The summed E-state index contributed by atoms with van der Waals surface area (Å²) in [6.45, 7) is 5.76. The summed E-state index contributed by atoms with van der Waals surface area (Å²) >= 11 is 0. The molecule has 1 aliphatic heterocycles. The monoisotopic (exact) mass is 242 g/mol. The van der Waals surface area contributed by atoms with Crippen molar-refractivity contribution in [3.63, 3.8) is 0 Å². The molecule has 5 atom stereocenters. The predicted octanol–water partition coefficient (Wildman–Crippen LogP) is 0.450. The summed E-state index contributed by atoms with van der Waals surface area (Å²) in [7, 11) is 0. The van der Waals surface area contributed by atoms with Gasteiger partial charge in [0.25, 0.3) is 0 Å². The first-order valence-corrected chi connectivity index (χ1v) is 6.13. The van der Waals surface area contributed by atoms with Crippen molar-refractivity contribution in [3.05, 3.63) is 0 Å². The van der Waals surface area contributed by atoms with E-state index in [0.29, 0.717) is 13.0 Å². The van der Waals surface area contributed by atoms with Crippen LogP contribution in [0, 0.1) is 11.3 Å². The smallest absolute Gasteiger partial charge is 0.315 e. The van der Waals surface area contributed by atoms with Gasteiger partial charge in [0.2, 0.25) is 0 Å². The van der Waals surface area contributed by atoms with Gasteiger partial charge in [-0.1, -0.05) is 0 Å². The number of esters is 1. The highest BCUT2D eigenvalue weighted by atomic mass is 16.8. The van der Waals surface area contributed by atoms with E-state index in [-0.39, 0.29) is 18.0 Å². The molecule has 5 nitrogen and oxygen atoms in total. The zero-order chi connectivity index (χ0) is 12.4. The van der Waals surface area contributed by atoms with E-state index in [1.165, 1.54) is 0 Å². The molecule has 3 aliphatic rings. The van der Waals surface area contributed by atoms with Crippen LogP contribution < -0.4 is 0 Å². The second kappa shape index (κ2) is 3.22. The molecule has 1 heterocycles. The van der Waals surface area contributed by atoms with Crippen molar-refractivity contribution in [2.75, 3.05) is 6.61 Å². The second-order valence-corrected chi connectivity index (χ2v) is 5.58. The second-order valence-electron chi connectivity index (χ2n) is 5.58. The largest absolute Gasteiger partial charge is 0.465 e. The molecule has 1 saturated heterocycles. The molecule has 0 spiro atoms. The molecule has 0 aromatic carbocycles. The third-order valence-corrected chi connectivity index (χ3v) is 4.11. The van der Waals surface area contributed by atoms with E-state index in [2.05, 4.69) is 0 Å². The Hall–Kier alpha value is -0.650. The van der Waals surface area contributed by atoms with Gasteiger partial charge in [-0.2, -0.15) is 0 Å². The summed E-state index contributed by atoms with van der Waals surface area (Å²) in [5.41, 5.74) is -0.762. The summed E-state index contributed by atoms with van der Waals surface area (Å²) in [5, 5.41) is 10.3. The van der Waals surface area contributed by atoms with Crippen LogP contribution in [0.3, 0.4) is 0 Å². The van der Waals surface area contributed by atoms with Gasteiger partial charge in [-0.25, -0.2) is 0 Å². The van der Waals surface area contributed by atoms with E-state index < -0.39 is 23.4 Å². The van der Waals surface area contributed by atoms with Crippen LogP contribution in [0.1, 0.15) is 27.2 Å². The average molecular weight is 242 g/mol. The maximum atomic E-state index is 11.9. The number of ether oxygens (including phenoxy) is 3. The summed E-state index contributed by atoms with van der Waals surface area (Å²) in [4.78, 5) is 11.9. The van der Waals surface area contributed by atoms with E-state index in [0.717, 1.165) is 0 Å². The third kappa shape index (κ3) is 1.33. The third-order valence-electron chi connectivity index (χ3n) is 4.11. The number of fused-ring (bicyclic) bond motifs is 3. The molecule has 3 fully saturated rings. The van der Waals surface area contributed by atoms with Gasteiger partial charge in [0.1, 0.15) is 11.5 Å². The first-order valence-electron chi connectivity index (χ1n) is 6.13. The Bertz CT molecular complexity index is 358. The number of rotatable bonds is 2. The van der Waals surface area contributed by atoms with Crippen LogP contribution in [0.15, 0.2) is 0 Å². The molecule has 17 heavy (non-hydrogen) atoms. The van der Waals surface area contributed by atoms with Crippen molar-refractivity contribution < 1.29 is 24.1 Å². The van der Waals surface area contributed by atoms with Crippen molar-refractivity contribution in [1.29, 1.82) is 0 Å². The van der Waals surface area contributed by atoms with Gasteiger partial charge in [0, 0.05) is 5.92 Å². The average Bonchev–Trinajstić information content (AvgIpc) is 2.85. The molecule has 96 valence electrons. The number of aliphatic hydroxyl groups is 1. The van der Waals surface area contributed by atoms with E-state index >= 15 is 0 Å². The molecule has 0 aromatic rings. The first kappa shape index (κ1) is 11.4. The fourth-order valence-corrected chi connectivity index (χ4v) is 3.34. The van der Waals surface area contributed by atoms with Crippen molar-refractivity contribution in [2.45, 2.75) is 51.3 Å². The van der Waals surface area contributed by atoms with Gasteiger partial charge >= 0.3 is 5.97 Å². The molecule has 1 N–H and O–H groups in total. The molecule has 0 aromatic heterocycles. The van der Waals surface area contributed by atoms with Crippen LogP contribution in [0.5, 0.6) is 0 Å². The van der Waals surface area contributed by atoms with E-state index in [1.54, 1.807) is 6.92 Å². The highest BCUT2D eigenvalue weighted by molar-refractivity contribution is 5.83. The van der Waals surface area contributed by atoms with Crippen LogP contribution in [0.25, 0.3) is 0 Å². The Labute approximate surface area is 100 Å². The van der Waals surface area contributed by atoms with Crippen LogP contribution in [-0.2, 0) is 19.0 Å². The lowest BCUT2D eigenvalue weighted by Crippen LogP contribution is -2.39. The summed E-state index contributed by atoms with van der Waals surface area (Å²) < 4.78 is 16.5. The highest BCUT2D eigenvalue weighted by Crippen LogP contribution is 2.67. The summed E-state index contributed by atoms with van der Waals surface area (Å²) in [5.74, 6) is -0.931. The normalized spacial score (nSPS) is 49.6. The van der Waals surface area contributed by atoms with Crippen molar-refractivity contribution in [1.82, 2.24) is 0 Å². The molecule has 0 radical (unpaired) electrons. The van der Waals surface area contributed by atoms with Crippen LogP contribution in [0.4, 0.5) is 0 Å². The Morgan fingerprint density at radius 2 is 2.06 bits per heavy atom. The highest BCUT2D eigenvalue weighted by Gasteiger charge is 2.79. The maximum Gasteiger partial charge on any atom is 0.315 e. The molecule has 2 aliphatic carbocycles. The molecule has 0 bridgehead atoms. The molecule has 0 unspecified atom stereocenters. The number of aliphatic hydroxyl groups excluding tert-OH is 1. The predicted molar refractivity (Wildman–Crippen MR) is 57.0 cm³/mol. The van der Waals surface area contributed by atoms with Gasteiger partial charge in [-0.05, 0) is 27.2 Å². The standard InChI is InChI=1S/C12H18O5/c1-4-15-10(14)12-5-6(12)7-8(9(12)13)17-11(2,3)16-7/h6-9,13H,4-5H2,1-3H3/t6-,7+,8+,9+,12+/m1/s1. The topological polar surface area (TPSA) is 65.0 Å². The fourth-order valence-electron chi connectivity index (χ4n) is 3.34. The van der Waals surface area contributed by atoms with Gasteiger partial charge in [-0.15, -0.1) is 0 Å². The SMILES string of the molecule is CCOC(=O)[C@@]12C[C@@H]1[C@@H]1OC(C)(C)O[C@@H]1[C@@H]2O. The number of hydrogen-bond donors (Lipinski definition) is 1. The number of hydrogen-bond acceptors (Lipinski definition) is 5. The minimum absolute atomic E-state index is 0.0447. The molecular formula is C12H18O5. The maximum absolute atomic E-state index is 11.9. The van der Waals surface area contributed by atoms with E-state index in [4.69, 9.17) is 14.2 Å². The Morgan fingerprint density at radius 1 is 1.41 bits per heavy atom. The van der Waals surface area contributed by atoms with Gasteiger partial charge in [0.05, 0.1) is 18.8 Å². The molecule has 5 heteroatoms. The fraction of sp³-hybridized carbons (Fsp3) is 0.917. The molecule has 0 amide bonds. The van der Waals surface area contributed by atoms with Crippen molar-refractivity contribution in [2.24, 2.45) is 11.3 Å². The van der Waals surface area contributed by atoms with Gasteiger partial charge in [-0.3, -0.25) is 4.79 Å². The quantitative estimate of drug-likeness (QED) is 0.712. The lowest BCUT2D eigenvalue weighted by atomic mass is 9.99. The van der Waals surface area contributed by atoms with Gasteiger partial charge < -0.3 is 19.3 Å². The zero-order valence-electron chi connectivity index (χ0n) is 10.3. The Kier molecular flexibility index (Phi) is 2.16. The summed E-state index contributed by atoms with van der Waals surface area (Å²) in [6, 6.07) is 0. The van der Waals surface area contributed by atoms with Crippen molar-refractivity contribution >= 4 is 5.97 Å². The van der Waals surface area contributed by atoms with Crippen LogP contribution in [-0.4, -0.2) is 41.8 Å². The molecular weight excluding hydrogens is 224 g/mol. The molecule has 2 saturated carbocycles. The van der Waals surface area contributed by atoms with E-state index in [9.17, 15) is 9.90 Å². The number of carbonyl (C=O) groups is 1. The molecule has 3 rings (SSSR count).